The maximum Gasteiger partial charge on any atom is 0.0955 e. The second kappa shape index (κ2) is 6.54. The Morgan fingerprint density at radius 3 is 2.68 bits per heavy atom. The van der Waals surface area contributed by atoms with Crippen molar-refractivity contribution in [2.45, 2.75) is 57.4 Å². The molecule has 1 aliphatic carbocycles. The van der Waals surface area contributed by atoms with Gasteiger partial charge in [-0.25, -0.2) is 4.98 Å². The quantitative estimate of drug-likeness (QED) is 0.535. The van der Waals surface area contributed by atoms with Crippen LogP contribution in [0, 0.1) is 5.92 Å². The molecular weight excluding hydrogens is 344 g/mol. The van der Waals surface area contributed by atoms with Gasteiger partial charge in [0.1, 0.15) is 0 Å². The lowest BCUT2D eigenvalue weighted by Gasteiger charge is -2.26. The van der Waals surface area contributed by atoms with Crippen molar-refractivity contribution in [1.29, 1.82) is 0 Å². The Morgan fingerprint density at radius 1 is 1.14 bits per heavy atom. The minimum atomic E-state index is 0.396. The zero-order chi connectivity index (χ0) is 19.3. The number of imidazole rings is 1. The smallest absolute Gasteiger partial charge is 0.0955 e. The number of hydrogen-bond acceptors (Lipinski definition) is 3. The van der Waals surface area contributed by atoms with E-state index in [-0.39, 0.29) is 0 Å². The number of aromatic nitrogens is 2. The fourth-order valence-corrected chi connectivity index (χ4v) is 5.49. The minimum absolute atomic E-state index is 0.396. The topological polar surface area (TPSA) is 41.9 Å². The first kappa shape index (κ1) is 17.6. The lowest BCUT2D eigenvalue weighted by molar-refractivity contribution is 0.346. The molecule has 28 heavy (non-hydrogen) atoms. The van der Waals surface area contributed by atoms with Gasteiger partial charge in [-0.05, 0) is 61.1 Å². The molecule has 2 heterocycles. The fourth-order valence-electron chi connectivity index (χ4n) is 5.49. The summed E-state index contributed by atoms with van der Waals surface area (Å²) in [5.41, 5.74) is 7.70. The minimum Gasteiger partial charge on any atom is -0.381 e. The van der Waals surface area contributed by atoms with E-state index in [1.807, 2.05) is 13.4 Å². The van der Waals surface area contributed by atoms with E-state index in [4.69, 9.17) is 0 Å². The van der Waals surface area contributed by atoms with Crippen molar-refractivity contribution in [2.24, 2.45) is 13.0 Å². The largest absolute Gasteiger partial charge is 0.381 e. The van der Waals surface area contributed by atoms with Crippen molar-refractivity contribution in [3.05, 3.63) is 48.3 Å². The summed E-state index contributed by atoms with van der Waals surface area (Å²) in [6.45, 7) is 4.65. The number of benzene rings is 2. The molecule has 4 nitrogen and oxygen atoms in total. The highest BCUT2D eigenvalue weighted by Gasteiger charge is 2.63. The number of nitrogens with zero attached hydrogens (tertiary/aromatic N) is 2. The number of nitrogens with one attached hydrogen (secondary N) is 2. The molecule has 2 unspecified atom stereocenters. The third kappa shape index (κ3) is 2.61. The third-order valence-electron chi connectivity index (χ3n) is 6.87. The molecule has 3 aromatic rings. The molecule has 0 radical (unpaired) electrons. The first-order valence-corrected chi connectivity index (χ1v) is 10.7. The highest BCUT2D eigenvalue weighted by Crippen LogP contribution is 2.63. The summed E-state index contributed by atoms with van der Waals surface area (Å²) in [4.78, 5) is 4.41. The first-order valence-electron chi connectivity index (χ1n) is 10.7. The number of aryl methyl sites for hydroxylation is 1. The van der Waals surface area contributed by atoms with Crippen LogP contribution in [-0.2, 0) is 12.5 Å². The lowest BCUT2D eigenvalue weighted by Crippen LogP contribution is -2.22. The monoisotopic (exact) mass is 374 g/mol. The lowest BCUT2D eigenvalue weighted by atomic mass is 9.77. The molecule has 0 saturated heterocycles. The number of hydrogen-bond donors (Lipinski definition) is 2. The molecule has 1 aromatic heterocycles. The van der Waals surface area contributed by atoms with Gasteiger partial charge in [-0.15, -0.1) is 0 Å². The fraction of sp³-hybridized carbons (Fsp3) is 0.458. The molecule has 1 fully saturated rings. The number of rotatable bonds is 7. The third-order valence-corrected chi connectivity index (χ3v) is 6.87. The molecule has 0 bridgehead atoms. The van der Waals surface area contributed by atoms with Gasteiger partial charge in [-0.3, -0.25) is 0 Å². The standard InChI is InChI=1S/C24H30N4/c1-4-6-16(7-5-2)24-14-23(24)27-21-12-17(8-10-19(21)24)26-18-9-11-20-22(13-18)28(3)15-25-20/h8-13,15-16,23,26-27H,4-7,14H2,1-3H3. The summed E-state index contributed by atoms with van der Waals surface area (Å²) in [5, 5.41) is 7.40. The molecule has 2 aliphatic rings. The second-order valence-electron chi connectivity index (χ2n) is 8.66. The molecule has 2 aromatic carbocycles. The molecule has 1 saturated carbocycles. The van der Waals surface area contributed by atoms with Crippen molar-refractivity contribution in [2.75, 3.05) is 10.6 Å². The van der Waals surface area contributed by atoms with E-state index < -0.39 is 0 Å². The van der Waals surface area contributed by atoms with Crippen molar-refractivity contribution in [3.8, 4) is 0 Å². The van der Waals surface area contributed by atoms with Crippen molar-refractivity contribution in [3.63, 3.8) is 0 Å². The van der Waals surface area contributed by atoms with Gasteiger partial charge < -0.3 is 15.2 Å². The van der Waals surface area contributed by atoms with Gasteiger partial charge in [0.2, 0.25) is 0 Å². The van der Waals surface area contributed by atoms with E-state index in [0.29, 0.717) is 11.5 Å². The van der Waals surface area contributed by atoms with Gasteiger partial charge in [0.05, 0.1) is 17.4 Å². The highest BCUT2D eigenvalue weighted by atomic mass is 15.1. The van der Waals surface area contributed by atoms with Crippen LogP contribution < -0.4 is 10.6 Å². The normalized spacial score (nSPS) is 22.2. The zero-order valence-corrected chi connectivity index (χ0v) is 17.1. The Bertz CT molecular complexity index is 1010. The average Bonchev–Trinajstić information content (AvgIpc) is 3.16. The maximum absolute atomic E-state index is 4.41. The summed E-state index contributed by atoms with van der Waals surface area (Å²) in [7, 11) is 2.03. The van der Waals surface area contributed by atoms with Crippen LogP contribution in [0.1, 0.15) is 51.5 Å². The van der Waals surface area contributed by atoms with Crippen LogP contribution in [0.2, 0.25) is 0 Å². The van der Waals surface area contributed by atoms with Crippen LogP contribution >= 0.6 is 0 Å². The van der Waals surface area contributed by atoms with Crippen molar-refractivity contribution < 1.29 is 0 Å². The molecule has 1 aliphatic heterocycles. The van der Waals surface area contributed by atoms with E-state index in [1.54, 1.807) is 5.56 Å². The van der Waals surface area contributed by atoms with Gasteiger partial charge in [0, 0.05) is 35.6 Å². The zero-order valence-electron chi connectivity index (χ0n) is 17.1. The Morgan fingerprint density at radius 2 is 1.89 bits per heavy atom. The Hall–Kier alpha value is -2.49. The molecule has 2 atom stereocenters. The first-order chi connectivity index (χ1) is 13.7. The van der Waals surface area contributed by atoms with Crippen LogP contribution in [0.4, 0.5) is 17.1 Å². The number of fused-ring (bicyclic) bond motifs is 4. The average molecular weight is 375 g/mol. The van der Waals surface area contributed by atoms with Crippen LogP contribution in [0.3, 0.4) is 0 Å². The summed E-state index contributed by atoms with van der Waals surface area (Å²) in [6, 6.07) is 13.9. The Kier molecular flexibility index (Phi) is 4.11. The molecule has 5 rings (SSSR count). The Balaban J connectivity index is 1.42. The highest BCUT2D eigenvalue weighted by molar-refractivity contribution is 5.82. The predicted molar refractivity (Wildman–Crippen MR) is 117 cm³/mol. The van der Waals surface area contributed by atoms with Crippen LogP contribution in [0.5, 0.6) is 0 Å². The molecule has 0 spiro atoms. The van der Waals surface area contributed by atoms with E-state index in [1.165, 1.54) is 37.8 Å². The Labute approximate surface area is 167 Å². The maximum atomic E-state index is 4.41. The summed E-state index contributed by atoms with van der Waals surface area (Å²) in [5.74, 6) is 0.812. The SMILES string of the molecule is CCCC(CCC)C12CC1Nc1cc(Nc3ccc4ncn(C)c4c3)ccc12. The van der Waals surface area contributed by atoms with Gasteiger partial charge >= 0.3 is 0 Å². The summed E-state index contributed by atoms with van der Waals surface area (Å²) >= 11 is 0. The van der Waals surface area contributed by atoms with Crippen LogP contribution in [0.15, 0.2) is 42.7 Å². The number of anilines is 3. The summed E-state index contributed by atoms with van der Waals surface area (Å²) < 4.78 is 2.06. The van der Waals surface area contributed by atoms with Crippen molar-refractivity contribution in [1.82, 2.24) is 9.55 Å². The molecular formula is C24H30N4. The second-order valence-corrected chi connectivity index (χ2v) is 8.66. The van der Waals surface area contributed by atoms with Gasteiger partial charge in [0.15, 0.2) is 0 Å². The molecule has 2 N–H and O–H groups in total. The van der Waals surface area contributed by atoms with Crippen molar-refractivity contribution >= 4 is 28.1 Å². The van der Waals surface area contributed by atoms with E-state index in [9.17, 15) is 0 Å². The van der Waals surface area contributed by atoms with E-state index in [2.05, 4.69) is 70.4 Å². The van der Waals surface area contributed by atoms with E-state index >= 15 is 0 Å². The van der Waals surface area contributed by atoms with Gasteiger partial charge in [-0.2, -0.15) is 0 Å². The summed E-state index contributed by atoms with van der Waals surface area (Å²) in [6.07, 6.45) is 8.43. The predicted octanol–water partition coefficient (Wildman–Crippen LogP) is 5.97. The van der Waals surface area contributed by atoms with E-state index in [0.717, 1.165) is 28.3 Å². The van der Waals surface area contributed by atoms with Gasteiger partial charge in [-0.1, -0.05) is 32.8 Å². The van der Waals surface area contributed by atoms with Crippen LogP contribution in [-0.4, -0.2) is 15.6 Å². The molecule has 146 valence electrons. The molecule has 4 heteroatoms. The van der Waals surface area contributed by atoms with Crippen LogP contribution in [0.25, 0.3) is 11.0 Å². The molecule has 0 amide bonds. The van der Waals surface area contributed by atoms with Gasteiger partial charge in [0.25, 0.3) is 0 Å².